The van der Waals surface area contributed by atoms with E-state index >= 15 is 0 Å². The summed E-state index contributed by atoms with van der Waals surface area (Å²) in [4.78, 5) is 0. The Kier molecular flexibility index (Phi) is 11.0. The number of benzene rings is 2. The molecule has 2 aliphatic rings. The van der Waals surface area contributed by atoms with Gasteiger partial charge in [-0.3, -0.25) is 0 Å². The minimum atomic E-state index is -1.95. The number of rotatable bonds is 2. The van der Waals surface area contributed by atoms with Crippen molar-refractivity contribution in [2.45, 2.75) is 75.3 Å². The Morgan fingerprint density at radius 3 is 1.38 bits per heavy atom. The molecule has 2 fully saturated rings. The fourth-order valence-corrected chi connectivity index (χ4v) is 28.7. The molecule has 0 N–H and O–H groups in total. The van der Waals surface area contributed by atoms with Crippen LogP contribution in [-0.4, -0.2) is 5.43 Å². The van der Waals surface area contributed by atoms with Gasteiger partial charge in [-0.2, -0.15) is 35.0 Å². The first-order chi connectivity index (χ1) is 16.7. The van der Waals surface area contributed by atoms with Crippen LogP contribution in [-0.2, 0) is 18.0 Å². The molecule has 2 saturated carbocycles. The van der Waals surface area contributed by atoms with Crippen LogP contribution in [0.1, 0.15) is 64.2 Å². The Morgan fingerprint density at radius 2 is 1.00 bits per heavy atom. The van der Waals surface area contributed by atoms with Crippen molar-refractivity contribution in [3.05, 3.63) is 84.9 Å². The van der Waals surface area contributed by atoms with Gasteiger partial charge in [0.25, 0.3) is 0 Å². The molecule has 0 amide bonds. The van der Waals surface area contributed by atoms with Crippen LogP contribution in [0.15, 0.2) is 84.9 Å². The van der Waals surface area contributed by atoms with Gasteiger partial charge in [0.05, 0.1) is 0 Å². The second-order valence-electron chi connectivity index (χ2n) is 9.70. The van der Waals surface area contributed by atoms with Crippen molar-refractivity contribution in [2.24, 2.45) is 0 Å². The first kappa shape index (κ1) is 26.4. The molecule has 0 aliphatic heterocycles. The van der Waals surface area contributed by atoms with Gasteiger partial charge in [-0.05, 0) is 0 Å². The first-order valence-electron chi connectivity index (χ1n) is 13.0. The standard InChI is InChI=1S/C12H22Si.2C9H7.2ClH.Zr/c1-3-7-11(8-4-1)13-12-9-5-2-6-10-12;2*1-2-5-9-7-3-6-8(9)4-1;;;/h11-12H,1-10H2;2*1-7H;2*1H;/q;2*-1;;;+2/p-2. The molecular weight excluding hydrogens is 551 g/mol. The zero-order valence-corrected chi connectivity index (χ0v) is 25.0. The topological polar surface area (TPSA) is 0 Å². The molecule has 0 aromatic heterocycles. The predicted molar refractivity (Wildman–Crippen MR) is 150 cm³/mol. The van der Waals surface area contributed by atoms with Crippen molar-refractivity contribution in [3.63, 3.8) is 0 Å². The Balaban J connectivity index is 0.000000129. The van der Waals surface area contributed by atoms with Crippen molar-refractivity contribution in [2.75, 3.05) is 0 Å². The smallest absolute Gasteiger partial charge is 0.0809 e. The third-order valence-corrected chi connectivity index (χ3v) is 27.7. The Labute approximate surface area is 220 Å². The molecule has 6 rings (SSSR count). The zero-order valence-electron chi connectivity index (χ0n) is 20.1. The van der Waals surface area contributed by atoms with Gasteiger partial charge in [0.2, 0.25) is 0 Å². The molecule has 0 heterocycles. The Bertz CT molecular complexity index is 1010. The summed E-state index contributed by atoms with van der Waals surface area (Å²) >= 11 is -1.95. The van der Waals surface area contributed by atoms with Gasteiger partial charge in [0.1, 0.15) is 0 Å². The molecule has 4 aromatic rings. The molecule has 0 atom stereocenters. The second kappa shape index (κ2) is 14.2. The van der Waals surface area contributed by atoms with E-state index in [2.05, 4.69) is 84.9 Å². The van der Waals surface area contributed by atoms with Gasteiger partial charge in [0.15, 0.2) is 0 Å². The maximum absolute atomic E-state index is 6.52. The van der Waals surface area contributed by atoms with E-state index in [1.807, 2.05) is 0 Å². The van der Waals surface area contributed by atoms with Crippen LogP contribution in [0.5, 0.6) is 0 Å². The minimum Gasteiger partial charge on any atom is -0.168 e. The number of hydrogen-bond donors (Lipinski definition) is 0. The van der Waals surface area contributed by atoms with Crippen molar-refractivity contribution < 1.29 is 18.0 Å². The van der Waals surface area contributed by atoms with Crippen LogP contribution < -0.4 is 0 Å². The summed E-state index contributed by atoms with van der Waals surface area (Å²) < 4.78 is 0. The largest absolute Gasteiger partial charge is 0.168 e. The van der Waals surface area contributed by atoms with Crippen molar-refractivity contribution >= 4 is 44.0 Å². The van der Waals surface area contributed by atoms with Gasteiger partial charge in [-0.15, -0.1) is 59.3 Å². The summed E-state index contributed by atoms with van der Waals surface area (Å²) in [6.45, 7) is 0. The average molecular weight is 587 g/mol. The fraction of sp³-hybridized carbons (Fsp3) is 0.400. The molecule has 4 aromatic carbocycles. The van der Waals surface area contributed by atoms with Crippen LogP contribution in [0.4, 0.5) is 0 Å². The molecular formula is C30H36Cl2SiZr-2. The van der Waals surface area contributed by atoms with Gasteiger partial charge in [-0.1, -0.05) is 12.1 Å². The van der Waals surface area contributed by atoms with Crippen LogP contribution in [0, 0.1) is 0 Å². The molecule has 0 bridgehead atoms. The second-order valence-corrected chi connectivity index (χ2v) is 30.1. The molecule has 2 aliphatic carbocycles. The third kappa shape index (κ3) is 7.67. The van der Waals surface area contributed by atoms with Crippen molar-refractivity contribution in [3.8, 4) is 0 Å². The molecule has 4 heteroatoms. The minimum absolute atomic E-state index is 0.335. The zero-order chi connectivity index (χ0) is 23.6. The van der Waals surface area contributed by atoms with E-state index in [1.165, 1.54) is 85.8 Å². The van der Waals surface area contributed by atoms with Crippen LogP contribution in [0.2, 0.25) is 11.1 Å². The molecule has 0 saturated heterocycles. The number of hydrogen-bond acceptors (Lipinski definition) is 0. The molecule has 0 unspecified atom stereocenters. The van der Waals surface area contributed by atoms with Gasteiger partial charge in [-0.25, -0.2) is 0 Å². The van der Waals surface area contributed by atoms with E-state index in [4.69, 9.17) is 17.0 Å². The Hall–Kier alpha value is -0.660. The van der Waals surface area contributed by atoms with E-state index in [9.17, 15) is 0 Å². The summed E-state index contributed by atoms with van der Waals surface area (Å²) in [5, 5.41) is 5.32. The molecule has 34 heavy (non-hydrogen) atoms. The molecule has 0 nitrogen and oxygen atoms in total. The SMILES string of the molecule is [Cl][Zr]([Cl])=[Si](C1CCCCC1)C1CCCCC1.c1ccc2[cH-]ccc2c1.c1ccc2[cH-]ccc2c1. The summed E-state index contributed by atoms with van der Waals surface area (Å²) in [7, 11) is 13.0. The summed E-state index contributed by atoms with van der Waals surface area (Å²) in [6, 6.07) is 29.3. The Morgan fingerprint density at radius 1 is 0.588 bits per heavy atom. The fourth-order valence-electron chi connectivity index (χ4n) is 5.61. The van der Waals surface area contributed by atoms with Crippen molar-refractivity contribution in [1.29, 1.82) is 0 Å². The predicted octanol–water partition coefficient (Wildman–Crippen LogP) is 10.7. The van der Waals surface area contributed by atoms with E-state index in [0.717, 1.165) is 11.1 Å². The molecule has 0 radical (unpaired) electrons. The first-order valence-corrected chi connectivity index (χ1v) is 24.7. The monoisotopic (exact) mass is 584 g/mol. The van der Waals surface area contributed by atoms with Crippen molar-refractivity contribution in [1.82, 2.24) is 0 Å². The molecule has 0 spiro atoms. The summed E-state index contributed by atoms with van der Waals surface area (Å²) in [5.41, 5.74) is 1.68. The third-order valence-electron chi connectivity index (χ3n) is 7.40. The van der Waals surface area contributed by atoms with E-state index in [0.29, 0.717) is 0 Å². The van der Waals surface area contributed by atoms with Gasteiger partial charge >= 0.3 is 116 Å². The molecule has 180 valence electrons. The van der Waals surface area contributed by atoms with E-state index < -0.39 is 18.0 Å². The maximum atomic E-state index is 6.52. The van der Waals surface area contributed by atoms with Crippen LogP contribution >= 0.6 is 17.0 Å². The summed E-state index contributed by atoms with van der Waals surface area (Å²) in [5.74, 6) is 0. The van der Waals surface area contributed by atoms with Crippen LogP contribution in [0.3, 0.4) is 0 Å². The quantitative estimate of drug-likeness (QED) is 0.162. The van der Waals surface area contributed by atoms with Gasteiger partial charge in [0, 0.05) is 0 Å². The van der Waals surface area contributed by atoms with Crippen LogP contribution in [0.25, 0.3) is 21.5 Å². The van der Waals surface area contributed by atoms with E-state index in [-0.39, 0.29) is 5.43 Å². The maximum Gasteiger partial charge on any atom is -0.0809 e. The normalized spacial score (nSPS) is 16.9. The van der Waals surface area contributed by atoms with Gasteiger partial charge < -0.3 is 0 Å². The number of halogens is 2. The summed E-state index contributed by atoms with van der Waals surface area (Å²) in [6.07, 6.45) is 14.6. The van der Waals surface area contributed by atoms with E-state index in [1.54, 1.807) is 0 Å². The number of fused-ring (bicyclic) bond motifs is 2. The average Bonchev–Trinajstić information content (AvgIpc) is 3.56.